The van der Waals surface area contributed by atoms with Crippen LogP contribution in [0.3, 0.4) is 0 Å². The predicted molar refractivity (Wildman–Crippen MR) is 72.7 cm³/mol. The third-order valence-corrected chi connectivity index (χ3v) is 2.38. The van der Waals surface area contributed by atoms with Crippen LogP contribution in [0.4, 0.5) is 0 Å². The minimum absolute atomic E-state index is 0.702. The van der Waals surface area contributed by atoms with E-state index in [0.717, 1.165) is 11.1 Å². The van der Waals surface area contributed by atoms with Crippen LogP contribution >= 0.6 is 0 Å². The van der Waals surface area contributed by atoms with Crippen LogP contribution in [0.2, 0.25) is 0 Å². The normalized spacial score (nSPS) is 8.82. The van der Waals surface area contributed by atoms with Crippen molar-refractivity contribution in [3.63, 3.8) is 0 Å². The molecule has 0 saturated heterocycles. The molecule has 0 N–H and O–H groups in total. The molecular formula is C16H17N. The van der Waals surface area contributed by atoms with Crippen molar-refractivity contribution in [2.24, 2.45) is 0 Å². The molecule has 0 aromatic heterocycles. The number of nitriles is 1. The number of rotatable bonds is 1. The van der Waals surface area contributed by atoms with Gasteiger partial charge in [-0.2, -0.15) is 5.26 Å². The van der Waals surface area contributed by atoms with Crippen molar-refractivity contribution < 1.29 is 0 Å². The van der Waals surface area contributed by atoms with Crippen molar-refractivity contribution >= 4 is 0 Å². The molecule has 0 spiro atoms. The van der Waals surface area contributed by atoms with Crippen molar-refractivity contribution in [1.82, 2.24) is 0 Å². The maximum Gasteiger partial charge on any atom is 0.0991 e. The zero-order valence-corrected chi connectivity index (χ0v) is 10.6. The largest absolute Gasteiger partial charge is 0.192 e. The minimum atomic E-state index is 0.702. The van der Waals surface area contributed by atoms with Crippen LogP contribution in [0.1, 0.15) is 25.0 Å². The summed E-state index contributed by atoms with van der Waals surface area (Å²) in [6, 6.07) is 18.1. The Hall–Kier alpha value is -2.07. The predicted octanol–water partition coefficient (Wildman–Crippen LogP) is 4.56. The third kappa shape index (κ3) is 3.46. The Bertz CT molecular complexity index is 504. The highest BCUT2D eigenvalue weighted by atomic mass is 14.2. The Balaban J connectivity index is 0.000000686. The van der Waals surface area contributed by atoms with Gasteiger partial charge in [-0.25, -0.2) is 0 Å². The highest BCUT2D eigenvalue weighted by Gasteiger charge is 1.97. The standard InChI is InChI=1S/C14H11N.C2H6/c1-11-5-7-13(8-6-11)14-4-2-3-12(9-14)10-15;1-2/h2-9H,1H3;1-2H3. The van der Waals surface area contributed by atoms with Crippen LogP contribution in [0, 0.1) is 18.3 Å². The maximum absolute atomic E-state index is 8.80. The second-order valence-electron chi connectivity index (χ2n) is 3.56. The van der Waals surface area contributed by atoms with Gasteiger partial charge in [0.15, 0.2) is 0 Å². The third-order valence-electron chi connectivity index (χ3n) is 2.38. The van der Waals surface area contributed by atoms with Crippen molar-refractivity contribution in [1.29, 1.82) is 5.26 Å². The first-order chi connectivity index (χ1) is 8.29. The van der Waals surface area contributed by atoms with E-state index in [0.29, 0.717) is 5.56 Å². The van der Waals surface area contributed by atoms with Crippen LogP contribution in [0.15, 0.2) is 48.5 Å². The van der Waals surface area contributed by atoms with Gasteiger partial charge in [0.25, 0.3) is 0 Å². The molecule has 2 aromatic rings. The Labute approximate surface area is 103 Å². The molecule has 0 bridgehead atoms. The van der Waals surface area contributed by atoms with E-state index in [2.05, 4.69) is 37.3 Å². The number of hydrogen-bond donors (Lipinski definition) is 0. The average Bonchev–Trinajstić information content (AvgIpc) is 2.42. The molecule has 86 valence electrons. The van der Waals surface area contributed by atoms with E-state index in [1.165, 1.54) is 5.56 Å². The Morgan fingerprint density at radius 3 is 2.12 bits per heavy atom. The summed E-state index contributed by atoms with van der Waals surface area (Å²) in [5.74, 6) is 0. The smallest absolute Gasteiger partial charge is 0.0991 e. The molecule has 0 aliphatic heterocycles. The molecule has 1 heteroatoms. The van der Waals surface area contributed by atoms with E-state index in [1.807, 2.05) is 38.1 Å². The minimum Gasteiger partial charge on any atom is -0.192 e. The lowest BCUT2D eigenvalue weighted by molar-refractivity contribution is 1.46. The second kappa shape index (κ2) is 6.50. The molecule has 0 radical (unpaired) electrons. The van der Waals surface area contributed by atoms with Crippen molar-refractivity contribution in [3.05, 3.63) is 59.7 Å². The lowest BCUT2D eigenvalue weighted by Gasteiger charge is -2.02. The van der Waals surface area contributed by atoms with Gasteiger partial charge in [-0.15, -0.1) is 0 Å². The van der Waals surface area contributed by atoms with Gasteiger partial charge >= 0.3 is 0 Å². The highest BCUT2D eigenvalue weighted by Crippen LogP contribution is 2.20. The second-order valence-corrected chi connectivity index (χ2v) is 3.56. The van der Waals surface area contributed by atoms with Crippen LogP contribution < -0.4 is 0 Å². The fourth-order valence-electron chi connectivity index (χ4n) is 1.51. The quantitative estimate of drug-likeness (QED) is 0.695. The van der Waals surface area contributed by atoms with Crippen molar-refractivity contribution in [3.8, 4) is 17.2 Å². The van der Waals surface area contributed by atoms with E-state index in [-0.39, 0.29) is 0 Å². The molecule has 0 unspecified atom stereocenters. The van der Waals surface area contributed by atoms with Gasteiger partial charge in [-0.3, -0.25) is 0 Å². The SMILES string of the molecule is CC.Cc1ccc(-c2cccc(C#N)c2)cc1. The first-order valence-electron chi connectivity index (χ1n) is 5.87. The van der Waals surface area contributed by atoms with Crippen LogP contribution in [0.5, 0.6) is 0 Å². The first kappa shape index (κ1) is 13.0. The Kier molecular flexibility index (Phi) is 4.97. The summed E-state index contributed by atoms with van der Waals surface area (Å²) in [6.45, 7) is 6.06. The van der Waals surface area contributed by atoms with Gasteiger partial charge < -0.3 is 0 Å². The molecule has 0 aliphatic rings. The van der Waals surface area contributed by atoms with Gasteiger partial charge in [-0.1, -0.05) is 55.8 Å². The lowest BCUT2D eigenvalue weighted by atomic mass is 10.0. The van der Waals surface area contributed by atoms with Gasteiger partial charge in [0.1, 0.15) is 0 Å². The van der Waals surface area contributed by atoms with Crippen LogP contribution in [0.25, 0.3) is 11.1 Å². The van der Waals surface area contributed by atoms with Gasteiger partial charge in [0.05, 0.1) is 11.6 Å². The highest BCUT2D eigenvalue weighted by molar-refractivity contribution is 5.65. The zero-order valence-electron chi connectivity index (χ0n) is 10.6. The monoisotopic (exact) mass is 223 g/mol. The van der Waals surface area contributed by atoms with E-state index >= 15 is 0 Å². The van der Waals surface area contributed by atoms with E-state index in [4.69, 9.17) is 5.26 Å². The fourth-order valence-corrected chi connectivity index (χ4v) is 1.51. The van der Waals surface area contributed by atoms with Gasteiger partial charge in [-0.05, 0) is 30.2 Å². The van der Waals surface area contributed by atoms with E-state index < -0.39 is 0 Å². The van der Waals surface area contributed by atoms with E-state index in [1.54, 1.807) is 0 Å². The molecule has 1 nitrogen and oxygen atoms in total. The van der Waals surface area contributed by atoms with Crippen LogP contribution in [-0.4, -0.2) is 0 Å². The average molecular weight is 223 g/mol. The Morgan fingerprint density at radius 2 is 1.53 bits per heavy atom. The number of benzene rings is 2. The van der Waals surface area contributed by atoms with Crippen LogP contribution in [-0.2, 0) is 0 Å². The Morgan fingerprint density at radius 1 is 0.882 bits per heavy atom. The molecule has 0 heterocycles. The summed E-state index contributed by atoms with van der Waals surface area (Å²) < 4.78 is 0. The molecule has 2 aromatic carbocycles. The molecule has 17 heavy (non-hydrogen) atoms. The lowest BCUT2D eigenvalue weighted by Crippen LogP contribution is -1.80. The van der Waals surface area contributed by atoms with Gasteiger partial charge in [0, 0.05) is 0 Å². The van der Waals surface area contributed by atoms with Crippen molar-refractivity contribution in [2.45, 2.75) is 20.8 Å². The summed E-state index contributed by atoms with van der Waals surface area (Å²) in [7, 11) is 0. The molecule has 0 aliphatic carbocycles. The molecular weight excluding hydrogens is 206 g/mol. The zero-order chi connectivity index (χ0) is 12.7. The van der Waals surface area contributed by atoms with Crippen molar-refractivity contribution in [2.75, 3.05) is 0 Å². The maximum atomic E-state index is 8.80. The number of hydrogen-bond acceptors (Lipinski definition) is 1. The molecule has 0 fully saturated rings. The summed E-state index contributed by atoms with van der Waals surface area (Å²) in [5.41, 5.74) is 4.19. The summed E-state index contributed by atoms with van der Waals surface area (Å²) in [5, 5.41) is 8.80. The molecule has 0 saturated carbocycles. The first-order valence-corrected chi connectivity index (χ1v) is 5.87. The summed E-state index contributed by atoms with van der Waals surface area (Å²) in [6.07, 6.45) is 0. The molecule has 2 rings (SSSR count). The van der Waals surface area contributed by atoms with E-state index in [9.17, 15) is 0 Å². The number of aryl methyl sites for hydroxylation is 1. The molecule has 0 atom stereocenters. The summed E-state index contributed by atoms with van der Waals surface area (Å²) in [4.78, 5) is 0. The van der Waals surface area contributed by atoms with Gasteiger partial charge in [0.2, 0.25) is 0 Å². The topological polar surface area (TPSA) is 23.8 Å². The fraction of sp³-hybridized carbons (Fsp3) is 0.188. The molecule has 0 amide bonds. The summed E-state index contributed by atoms with van der Waals surface area (Å²) >= 11 is 0. The number of nitrogens with zero attached hydrogens (tertiary/aromatic N) is 1.